The fourth-order valence-corrected chi connectivity index (χ4v) is 1.91. The van der Waals surface area contributed by atoms with Crippen molar-refractivity contribution < 1.29 is 4.42 Å². The molecule has 0 aliphatic heterocycles. The maximum atomic E-state index is 5.63. The lowest BCUT2D eigenvalue weighted by molar-refractivity contribution is 0.615. The molecule has 0 amide bonds. The summed E-state index contributed by atoms with van der Waals surface area (Å²) in [5.74, 6) is 0.787. The number of nitrogens with two attached hydrogens (primary N) is 1. The molecule has 0 atom stereocenters. The first-order valence-corrected chi connectivity index (χ1v) is 5.75. The molecule has 0 aliphatic rings. The zero-order valence-electron chi connectivity index (χ0n) is 9.76. The van der Waals surface area contributed by atoms with Gasteiger partial charge >= 0.3 is 0 Å². The first-order chi connectivity index (χ1) is 8.86. The highest BCUT2D eigenvalue weighted by molar-refractivity contribution is 5.89. The molecule has 4 heteroatoms. The maximum Gasteiger partial charge on any atom is 0.141 e. The number of pyridine rings is 1. The van der Waals surface area contributed by atoms with Crippen LogP contribution in [0.1, 0.15) is 5.56 Å². The third kappa shape index (κ3) is 1.94. The normalized spacial score (nSPS) is 10.7. The van der Waals surface area contributed by atoms with E-state index in [4.69, 9.17) is 10.2 Å². The Morgan fingerprint density at radius 3 is 3.06 bits per heavy atom. The molecule has 90 valence electrons. The van der Waals surface area contributed by atoms with Gasteiger partial charge in [0, 0.05) is 18.4 Å². The molecule has 1 aromatic carbocycles. The second kappa shape index (κ2) is 4.50. The van der Waals surface area contributed by atoms with Crippen molar-refractivity contribution in [2.45, 2.75) is 6.54 Å². The van der Waals surface area contributed by atoms with E-state index >= 15 is 0 Å². The van der Waals surface area contributed by atoms with Crippen LogP contribution in [0.4, 0.5) is 11.5 Å². The number of furan rings is 1. The second-order valence-corrected chi connectivity index (χ2v) is 4.02. The van der Waals surface area contributed by atoms with Crippen LogP contribution in [0.15, 0.2) is 53.3 Å². The predicted molar refractivity (Wildman–Crippen MR) is 71.6 cm³/mol. The summed E-state index contributed by atoms with van der Waals surface area (Å²) in [6.07, 6.45) is 3.38. The van der Waals surface area contributed by atoms with Crippen LogP contribution < -0.4 is 11.1 Å². The molecular formula is C14H13N3O. The van der Waals surface area contributed by atoms with Crippen molar-refractivity contribution in [3.8, 4) is 0 Å². The van der Waals surface area contributed by atoms with Gasteiger partial charge in [-0.2, -0.15) is 0 Å². The number of nitrogens with zero attached hydrogens (tertiary/aromatic N) is 1. The molecule has 0 spiro atoms. The van der Waals surface area contributed by atoms with Crippen LogP contribution in [0.3, 0.4) is 0 Å². The number of aromatic nitrogens is 1. The summed E-state index contributed by atoms with van der Waals surface area (Å²) >= 11 is 0. The molecular weight excluding hydrogens is 226 g/mol. The predicted octanol–water partition coefficient (Wildman–Crippen LogP) is 3.03. The molecule has 0 saturated heterocycles. The smallest absolute Gasteiger partial charge is 0.141 e. The Balaban J connectivity index is 1.98. The Labute approximate surface area is 104 Å². The standard InChI is InChI=1S/C14H13N3O/c15-9-10-2-1-3-11(8-10)17-14-12-5-7-18-13(12)4-6-16-14/h1-8H,9,15H2,(H,16,17). The van der Waals surface area contributed by atoms with Gasteiger partial charge in [-0.3, -0.25) is 0 Å². The van der Waals surface area contributed by atoms with Crippen LogP contribution in [-0.2, 0) is 6.54 Å². The van der Waals surface area contributed by atoms with E-state index in [0.29, 0.717) is 6.54 Å². The Morgan fingerprint density at radius 2 is 2.17 bits per heavy atom. The van der Waals surface area contributed by atoms with Crippen LogP contribution in [0, 0.1) is 0 Å². The third-order valence-corrected chi connectivity index (χ3v) is 2.81. The largest absolute Gasteiger partial charge is 0.464 e. The van der Waals surface area contributed by atoms with Crippen molar-refractivity contribution in [3.05, 3.63) is 54.4 Å². The fourth-order valence-electron chi connectivity index (χ4n) is 1.91. The minimum Gasteiger partial charge on any atom is -0.464 e. The lowest BCUT2D eigenvalue weighted by atomic mass is 10.2. The Morgan fingerprint density at radius 1 is 1.22 bits per heavy atom. The van der Waals surface area contributed by atoms with Crippen LogP contribution in [0.5, 0.6) is 0 Å². The average Bonchev–Trinajstić information content (AvgIpc) is 2.88. The van der Waals surface area contributed by atoms with Gasteiger partial charge in [-0.25, -0.2) is 4.98 Å². The van der Waals surface area contributed by atoms with Gasteiger partial charge in [0.15, 0.2) is 0 Å². The quantitative estimate of drug-likeness (QED) is 0.737. The van der Waals surface area contributed by atoms with Crippen molar-refractivity contribution in [2.75, 3.05) is 5.32 Å². The van der Waals surface area contributed by atoms with E-state index < -0.39 is 0 Å². The number of anilines is 2. The van der Waals surface area contributed by atoms with Crippen molar-refractivity contribution in [1.82, 2.24) is 4.98 Å². The van der Waals surface area contributed by atoms with Gasteiger partial charge < -0.3 is 15.5 Å². The van der Waals surface area contributed by atoms with Crippen LogP contribution in [-0.4, -0.2) is 4.98 Å². The van der Waals surface area contributed by atoms with Crippen molar-refractivity contribution in [3.63, 3.8) is 0 Å². The van der Waals surface area contributed by atoms with Gasteiger partial charge in [0.2, 0.25) is 0 Å². The molecule has 2 heterocycles. The topological polar surface area (TPSA) is 64.1 Å². The fraction of sp³-hybridized carbons (Fsp3) is 0.0714. The van der Waals surface area contributed by atoms with E-state index in [0.717, 1.165) is 28.0 Å². The lowest BCUT2D eigenvalue weighted by Crippen LogP contribution is -1.98. The highest BCUT2D eigenvalue weighted by Crippen LogP contribution is 2.25. The second-order valence-electron chi connectivity index (χ2n) is 4.02. The summed E-state index contributed by atoms with van der Waals surface area (Å²) in [5, 5.41) is 4.25. The van der Waals surface area contributed by atoms with Gasteiger partial charge in [-0.05, 0) is 29.8 Å². The highest BCUT2D eigenvalue weighted by Gasteiger charge is 2.04. The lowest BCUT2D eigenvalue weighted by Gasteiger charge is -2.07. The molecule has 0 unspecified atom stereocenters. The van der Waals surface area contributed by atoms with Gasteiger partial charge in [0.1, 0.15) is 11.4 Å². The molecule has 0 saturated carbocycles. The number of rotatable bonds is 3. The molecule has 4 nitrogen and oxygen atoms in total. The van der Waals surface area contributed by atoms with E-state index in [1.54, 1.807) is 12.5 Å². The van der Waals surface area contributed by atoms with Crippen molar-refractivity contribution >= 4 is 22.5 Å². The van der Waals surface area contributed by atoms with E-state index in [-0.39, 0.29) is 0 Å². The first kappa shape index (κ1) is 10.8. The molecule has 0 radical (unpaired) electrons. The van der Waals surface area contributed by atoms with Gasteiger partial charge in [-0.15, -0.1) is 0 Å². The Kier molecular flexibility index (Phi) is 2.70. The Hall–Kier alpha value is -2.33. The number of fused-ring (bicyclic) bond motifs is 1. The summed E-state index contributed by atoms with van der Waals surface area (Å²) in [7, 11) is 0. The maximum absolute atomic E-state index is 5.63. The molecule has 2 aromatic heterocycles. The number of hydrogen-bond donors (Lipinski definition) is 2. The minimum atomic E-state index is 0.527. The summed E-state index contributed by atoms with van der Waals surface area (Å²) < 4.78 is 5.34. The third-order valence-electron chi connectivity index (χ3n) is 2.81. The summed E-state index contributed by atoms with van der Waals surface area (Å²) in [4.78, 5) is 4.33. The molecule has 0 aliphatic carbocycles. The van der Waals surface area contributed by atoms with Gasteiger partial charge in [0.05, 0.1) is 11.6 Å². The van der Waals surface area contributed by atoms with Crippen LogP contribution >= 0.6 is 0 Å². The number of hydrogen-bond acceptors (Lipinski definition) is 4. The molecule has 0 bridgehead atoms. The number of nitrogens with one attached hydrogen (secondary N) is 1. The zero-order chi connectivity index (χ0) is 12.4. The van der Waals surface area contributed by atoms with Crippen LogP contribution in [0.2, 0.25) is 0 Å². The monoisotopic (exact) mass is 239 g/mol. The minimum absolute atomic E-state index is 0.527. The van der Waals surface area contributed by atoms with Crippen molar-refractivity contribution in [1.29, 1.82) is 0 Å². The summed E-state index contributed by atoms with van der Waals surface area (Å²) in [6, 6.07) is 11.7. The van der Waals surface area contributed by atoms with E-state index in [1.165, 1.54) is 0 Å². The van der Waals surface area contributed by atoms with Gasteiger partial charge in [0.25, 0.3) is 0 Å². The van der Waals surface area contributed by atoms with Crippen LogP contribution in [0.25, 0.3) is 11.0 Å². The molecule has 3 N–H and O–H groups in total. The molecule has 3 rings (SSSR count). The van der Waals surface area contributed by atoms with E-state index in [9.17, 15) is 0 Å². The zero-order valence-corrected chi connectivity index (χ0v) is 9.76. The van der Waals surface area contributed by atoms with E-state index in [2.05, 4.69) is 10.3 Å². The van der Waals surface area contributed by atoms with E-state index in [1.807, 2.05) is 36.4 Å². The average molecular weight is 239 g/mol. The van der Waals surface area contributed by atoms with Gasteiger partial charge in [-0.1, -0.05) is 12.1 Å². The molecule has 0 fully saturated rings. The Bertz CT molecular complexity index is 675. The molecule has 3 aromatic rings. The highest BCUT2D eigenvalue weighted by atomic mass is 16.3. The van der Waals surface area contributed by atoms with Crippen molar-refractivity contribution in [2.24, 2.45) is 5.73 Å². The number of benzene rings is 1. The summed E-state index contributed by atoms with van der Waals surface area (Å²) in [6.45, 7) is 0.527. The first-order valence-electron chi connectivity index (χ1n) is 5.75. The molecule has 18 heavy (non-hydrogen) atoms. The summed E-state index contributed by atoms with van der Waals surface area (Å²) in [5.41, 5.74) is 8.50. The SMILES string of the molecule is NCc1cccc(Nc2nccc3occc23)c1.